The molecule has 7 nitrogen and oxygen atoms in total. The second-order valence-corrected chi connectivity index (χ2v) is 4.16. The highest BCUT2D eigenvalue weighted by molar-refractivity contribution is 7.99. The van der Waals surface area contributed by atoms with E-state index >= 15 is 0 Å². The van der Waals surface area contributed by atoms with Crippen LogP contribution in [0.15, 0.2) is 40.8 Å². The number of nitrogens with one attached hydrogen (secondary N) is 1. The molecule has 2 aromatic rings. The van der Waals surface area contributed by atoms with E-state index in [0.29, 0.717) is 5.03 Å². The minimum Gasteiger partial charge on any atom is -0.367 e. The molecule has 0 saturated carbocycles. The average molecular weight is 263 g/mol. The topological polar surface area (TPSA) is 93.8 Å². The normalized spacial score (nSPS) is 10.1. The van der Waals surface area contributed by atoms with Crippen LogP contribution >= 0.6 is 11.8 Å². The molecule has 1 N–H and O–H groups in total. The minimum absolute atomic E-state index is 0.143. The molecule has 0 saturated heterocycles. The van der Waals surface area contributed by atoms with Crippen LogP contribution in [0.25, 0.3) is 0 Å². The van der Waals surface area contributed by atoms with Gasteiger partial charge in [-0.2, -0.15) is 0 Å². The van der Waals surface area contributed by atoms with E-state index in [2.05, 4.69) is 20.3 Å². The van der Waals surface area contributed by atoms with Crippen molar-refractivity contribution in [3.05, 3.63) is 40.8 Å². The third-order valence-electron chi connectivity index (χ3n) is 2.05. The standard InChI is InChI=1S/C10H9N5O2S/c1-11-9-8(15(16)17)10(14-6-13-9)18-7-4-2-3-5-12-7/h2-6H,1H3,(H,11,13,14). The Balaban J connectivity index is 2.42. The Kier molecular flexibility index (Phi) is 3.68. The van der Waals surface area contributed by atoms with Gasteiger partial charge in [0.25, 0.3) is 0 Å². The van der Waals surface area contributed by atoms with Crippen LogP contribution in [0.1, 0.15) is 0 Å². The first kappa shape index (κ1) is 12.2. The third kappa shape index (κ3) is 2.54. The van der Waals surface area contributed by atoms with Crippen molar-refractivity contribution in [1.82, 2.24) is 15.0 Å². The van der Waals surface area contributed by atoms with Crippen LogP contribution in [-0.4, -0.2) is 26.9 Å². The Morgan fingerprint density at radius 3 is 2.78 bits per heavy atom. The lowest BCUT2D eigenvalue weighted by Gasteiger charge is -2.04. The fourth-order valence-corrected chi connectivity index (χ4v) is 2.12. The Labute approximate surface area is 107 Å². The van der Waals surface area contributed by atoms with Crippen LogP contribution in [0.3, 0.4) is 0 Å². The fourth-order valence-electron chi connectivity index (χ4n) is 1.29. The molecule has 0 unspecified atom stereocenters. The number of anilines is 1. The van der Waals surface area contributed by atoms with E-state index in [1.807, 2.05) is 0 Å². The number of rotatable bonds is 4. The molecular formula is C10H9N5O2S. The van der Waals surface area contributed by atoms with Gasteiger partial charge < -0.3 is 5.32 Å². The molecule has 0 spiro atoms. The predicted octanol–water partition coefficient (Wildman–Crippen LogP) is 1.97. The van der Waals surface area contributed by atoms with Crippen molar-refractivity contribution in [1.29, 1.82) is 0 Å². The van der Waals surface area contributed by atoms with Crippen molar-refractivity contribution in [3.8, 4) is 0 Å². The van der Waals surface area contributed by atoms with E-state index in [0.717, 1.165) is 11.8 Å². The molecule has 0 bridgehead atoms. The number of pyridine rings is 1. The van der Waals surface area contributed by atoms with Gasteiger partial charge >= 0.3 is 5.69 Å². The van der Waals surface area contributed by atoms with Crippen molar-refractivity contribution < 1.29 is 4.92 Å². The lowest BCUT2D eigenvalue weighted by Crippen LogP contribution is -2.02. The zero-order valence-electron chi connectivity index (χ0n) is 9.40. The first-order valence-corrected chi connectivity index (χ1v) is 5.80. The van der Waals surface area contributed by atoms with Crippen molar-refractivity contribution in [2.45, 2.75) is 10.1 Å². The lowest BCUT2D eigenvalue weighted by molar-refractivity contribution is -0.387. The number of hydrogen-bond donors (Lipinski definition) is 1. The second kappa shape index (κ2) is 5.41. The number of nitro groups is 1. The summed E-state index contributed by atoms with van der Waals surface area (Å²) < 4.78 is 0. The van der Waals surface area contributed by atoms with Crippen LogP contribution in [-0.2, 0) is 0 Å². The van der Waals surface area contributed by atoms with Crippen molar-refractivity contribution in [2.24, 2.45) is 0 Å². The van der Waals surface area contributed by atoms with Crippen LogP contribution in [0.2, 0.25) is 0 Å². The van der Waals surface area contributed by atoms with Crippen molar-refractivity contribution in [3.63, 3.8) is 0 Å². The van der Waals surface area contributed by atoms with E-state index in [4.69, 9.17) is 0 Å². The highest BCUT2D eigenvalue weighted by Gasteiger charge is 2.22. The summed E-state index contributed by atoms with van der Waals surface area (Å²) in [5.41, 5.74) is -0.143. The van der Waals surface area contributed by atoms with Gasteiger partial charge in [0.15, 0.2) is 5.03 Å². The summed E-state index contributed by atoms with van der Waals surface area (Å²) in [4.78, 5) is 22.4. The van der Waals surface area contributed by atoms with Crippen LogP contribution in [0.4, 0.5) is 11.5 Å². The largest absolute Gasteiger partial charge is 0.367 e. The van der Waals surface area contributed by atoms with Crippen LogP contribution < -0.4 is 5.32 Å². The third-order valence-corrected chi connectivity index (χ3v) is 2.99. The van der Waals surface area contributed by atoms with Gasteiger partial charge in [0, 0.05) is 13.2 Å². The number of nitrogens with zero attached hydrogens (tertiary/aromatic N) is 4. The lowest BCUT2D eigenvalue weighted by atomic mass is 10.5. The average Bonchev–Trinajstić information content (AvgIpc) is 2.39. The smallest absolute Gasteiger partial charge is 0.343 e. The van der Waals surface area contributed by atoms with E-state index in [1.54, 1.807) is 31.4 Å². The van der Waals surface area contributed by atoms with Gasteiger partial charge in [-0.3, -0.25) is 10.1 Å². The van der Waals surface area contributed by atoms with Gasteiger partial charge in [0.2, 0.25) is 5.82 Å². The predicted molar refractivity (Wildman–Crippen MR) is 66.6 cm³/mol. The minimum atomic E-state index is -0.503. The molecule has 0 aromatic carbocycles. The molecule has 2 rings (SSSR count). The quantitative estimate of drug-likeness (QED) is 0.512. The molecule has 0 radical (unpaired) electrons. The SMILES string of the molecule is CNc1ncnc(Sc2ccccn2)c1[N+](=O)[O-]. The summed E-state index contributed by atoms with van der Waals surface area (Å²) >= 11 is 1.13. The highest BCUT2D eigenvalue weighted by Crippen LogP contribution is 2.35. The molecule has 0 amide bonds. The van der Waals surface area contributed by atoms with Crippen molar-refractivity contribution in [2.75, 3.05) is 12.4 Å². The summed E-state index contributed by atoms with van der Waals surface area (Å²) in [7, 11) is 1.57. The van der Waals surface area contributed by atoms with Gasteiger partial charge in [0.05, 0.1) is 4.92 Å². The molecule has 2 aromatic heterocycles. The molecule has 0 fully saturated rings. The van der Waals surface area contributed by atoms with E-state index < -0.39 is 4.92 Å². The van der Waals surface area contributed by atoms with Gasteiger partial charge in [-0.25, -0.2) is 15.0 Å². The Hall–Kier alpha value is -2.22. The summed E-state index contributed by atoms with van der Waals surface area (Å²) in [6.07, 6.45) is 2.90. The summed E-state index contributed by atoms with van der Waals surface area (Å²) in [6, 6.07) is 5.34. The Morgan fingerprint density at radius 2 is 2.17 bits per heavy atom. The van der Waals surface area contributed by atoms with Crippen molar-refractivity contribution >= 4 is 23.3 Å². The van der Waals surface area contributed by atoms with Gasteiger partial charge in [-0.1, -0.05) is 6.07 Å². The summed E-state index contributed by atoms with van der Waals surface area (Å²) in [5.74, 6) is 0.188. The summed E-state index contributed by atoms with van der Waals surface area (Å²) in [5, 5.41) is 14.6. The zero-order chi connectivity index (χ0) is 13.0. The maximum atomic E-state index is 11.0. The first-order chi connectivity index (χ1) is 8.72. The number of aromatic nitrogens is 3. The molecule has 18 heavy (non-hydrogen) atoms. The molecule has 8 heteroatoms. The monoisotopic (exact) mass is 263 g/mol. The summed E-state index contributed by atoms with van der Waals surface area (Å²) in [6.45, 7) is 0. The molecule has 2 heterocycles. The van der Waals surface area contributed by atoms with Gasteiger partial charge in [-0.15, -0.1) is 0 Å². The molecule has 0 aliphatic heterocycles. The van der Waals surface area contributed by atoms with Crippen LogP contribution in [0.5, 0.6) is 0 Å². The maximum absolute atomic E-state index is 11.0. The molecule has 0 atom stereocenters. The molecular weight excluding hydrogens is 254 g/mol. The van der Waals surface area contributed by atoms with E-state index in [1.165, 1.54) is 6.33 Å². The fraction of sp³-hybridized carbons (Fsp3) is 0.100. The molecule has 92 valence electrons. The van der Waals surface area contributed by atoms with Crippen LogP contribution in [0, 0.1) is 10.1 Å². The second-order valence-electron chi connectivity index (χ2n) is 3.15. The number of hydrogen-bond acceptors (Lipinski definition) is 7. The molecule has 0 aliphatic rings. The maximum Gasteiger partial charge on any atom is 0.343 e. The van der Waals surface area contributed by atoms with Gasteiger partial charge in [-0.05, 0) is 23.9 Å². The van der Waals surface area contributed by atoms with Gasteiger partial charge in [0.1, 0.15) is 11.4 Å². The zero-order valence-corrected chi connectivity index (χ0v) is 10.2. The highest BCUT2D eigenvalue weighted by atomic mass is 32.2. The van der Waals surface area contributed by atoms with E-state index in [-0.39, 0.29) is 16.5 Å². The first-order valence-electron chi connectivity index (χ1n) is 4.98. The Bertz CT molecular complexity index is 563. The molecule has 0 aliphatic carbocycles. The Morgan fingerprint density at radius 1 is 1.33 bits per heavy atom. The van der Waals surface area contributed by atoms with E-state index in [9.17, 15) is 10.1 Å².